The number of esters is 2. The molecule has 0 aliphatic rings. The molecule has 0 fully saturated rings. The van der Waals surface area contributed by atoms with E-state index in [1.165, 1.54) is 0 Å². The van der Waals surface area contributed by atoms with Gasteiger partial charge in [0.15, 0.2) is 0 Å². The molecule has 132 valence electrons. The molecular weight excluding hydrogens is 327 g/mol. The van der Waals surface area contributed by atoms with Crippen molar-refractivity contribution < 1.29 is 37.2 Å². The van der Waals surface area contributed by atoms with Crippen LogP contribution < -0.4 is 0 Å². The third-order valence-corrected chi connectivity index (χ3v) is 3.69. The number of phosphoric ester groups is 1. The molecule has 0 saturated carbocycles. The molecule has 8 nitrogen and oxygen atoms in total. The van der Waals surface area contributed by atoms with Crippen molar-refractivity contribution in [3.8, 4) is 0 Å². The van der Waals surface area contributed by atoms with Gasteiger partial charge in [0.05, 0.1) is 19.8 Å². The lowest BCUT2D eigenvalue weighted by Crippen LogP contribution is -2.21. The number of rotatable bonds is 12. The Morgan fingerprint density at radius 1 is 0.957 bits per heavy atom. The zero-order valence-electron chi connectivity index (χ0n) is 13.6. The molecule has 2 unspecified atom stereocenters. The third-order valence-electron chi connectivity index (χ3n) is 2.19. The van der Waals surface area contributed by atoms with Crippen LogP contribution in [0.4, 0.5) is 0 Å². The second-order valence-corrected chi connectivity index (χ2v) is 6.03. The fourth-order valence-electron chi connectivity index (χ4n) is 1.22. The van der Waals surface area contributed by atoms with Gasteiger partial charge in [0.25, 0.3) is 0 Å². The first kappa shape index (κ1) is 21.5. The highest BCUT2D eigenvalue weighted by Crippen LogP contribution is 2.49. The molecule has 0 rings (SSSR count). The second-order valence-electron chi connectivity index (χ2n) is 4.36. The molecule has 0 aromatic rings. The van der Waals surface area contributed by atoms with Crippen molar-refractivity contribution >= 4 is 19.8 Å². The first-order valence-corrected chi connectivity index (χ1v) is 8.42. The first-order valence-electron chi connectivity index (χ1n) is 6.96. The van der Waals surface area contributed by atoms with Crippen LogP contribution in [0.15, 0.2) is 25.3 Å². The summed E-state index contributed by atoms with van der Waals surface area (Å²) in [4.78, 5) is 22.1. The highest BCUT2D eigenvalue weighted by Gasteiger charge is 2.28. The Morgan fingerprint density at radius 3 is 1.65 bits per heavy atom. The summed E-state index contributed by atoms with van der Waals surface area (Å²) >= 11 is 0. The van der Waals surface area contributed by atoms with Gasteiger partial charge in [0, 0.05) is 12.2 Å². The van der Waals surface area contributed by atoms with Crippen LogP contribution in [-0.4, -0.2) is 44.0 Å². The Bertz CT molecular complexity index is 426. The predicted molar refractivity (Wildman–Crippen MR) is 82.6 cm³/mol. The van der Waals surface area contributed by atoms with E-state index in [1.807, 2.05) is 0 Å². The number of hydrogen-bond acceptors (Lipinski definition) is 8. The van der Waals surface area contributed by atoms with Gasteiger partial charge in [-0.1, -0.05) is 13.2 Å². The summed E-state index contributed by atoms with van der Waals surface area (Å²) < 4.78 is 37.3. The van der Waals surface area contributed by atoms with Crippen LogP contribution in [0.5, 0.6) is 0 Å². The molecule has 0 spiro atoms. The van der Waals surface area contributed by atoms with Gasteiger partial charge in [0.1, 0.15) is 12.2 Å². The van der Waals surface area contributed by atoms with Crippen molar-refractivity contribution in [1.82, 2.24) is 0 Å². The fourth-order valence-corrected chi connectivity index (χ4v) is 2.55. The highest BCUT2D eigenvalue weighted by molar-refractivity contribution is 7.48. The quantitative estimate of drug-likeness (QED) is 0.301. The van der Waals surface area contributed by atoms with E-state index in [0.717, 1.165) is 12.2 Å². The molecule has 0 radical (unpaired) electrons. The molecule has 0 aromatic heterocycles. The van der Waals surface area contributed by atoms with Crippen LogP contribution in [0, 0.1) is 0 Å². The zero-order valence-corrected chi connectivity index (χ0v) is 14.5. The third kappa shape index (κ3) is 10.0. The van der Waals surface area contributed by atoms with Crippen LogP contribution in [0.25, 0.3) is 0 Å². The predicted octanol–water partition coefficient (Wildman–Crippen LogP) is 2.40. The van der Waals surface area contributed by atoms with E-state index >= 15 is 0 Å². The molecule has 0 bridgehead atoms. The topological polar surface area (TPSA) is 97.4 Å². The number of hydrogen-bond donors (Lipinski definition) is 0. The van der Waals surface area contributed by atoms with E-state index < -0.39 is 32.0 Å². The summed E-state index contributed by atoms with van der Waals surface area (Å²) in [6.45, 7) is 10.9. The van der Waals surface area contributed by atoms with Gasteiger partial charge in [-0.05, 0) is 20.8 Å². The first-order chi connectivity index (χ1) is 10.8. The van der Waals surface area contributed by atoms with E-state index in [0.29, 0.717) is 0 Å². The van der Waals surface area contributed by atoms with E-state index in [4.69, 9.17) is 23.0 Å². The monoisotopic (exact) mass is 350 g/mol. The van der Waals surface area contributed by atoms with Crippen LogP contribution in [-0.2, 0) is 37.2 Å². The lowest BCUT2D eigenvalue weighted by molar-refractivity contribution is -0.143. The minimum Gasteiger partial charge on any atom is -0.457 e. The minimum atomic E-state index is -3.87. The maximum atomic E-state index is 12.3. The Labute approximate surface area is 136 Å². The lowest BCUT2D eigenvalue weighted by Gasteiger charge is -2.21. The molecule has 0 amide bonds. The van der Waals surface area contributed by atoms with Gasteiger partial charge >= 0.3 is 19.8 Å². The molecule has 0 aliphatic carbocycles. The number of carbonyl (C=O) groups excluding carboxylic acids is 2. The van der Waals surface area contributed by atoms with Crippen molar-refractivity contribution in [1.29, 1.82) is 0 Å². The normalized spacial score (nSPS) is 15.8. The van der Waals surface area contributed by atoms with E-state index in [9.17, 15) is 14.2 Å². The SMILES string of the molecule is C=CC(=O)OC(C)COP(=O)(OCC)OCC(C)OC(=O)C=C. The van der Waals surface area contributed by atoms with Crippen molar-refractivity contribution in [3.05, 3.63) is 25.3 Å². The molecular formula is C14H23O8P. The molecule has 0 saturated heterocycles. The number of carbonyl (C=O) groups is 2. The van der Waals surface area contributed by atoms with Crippen molar-refractivity contribution in [2.75, 3.05) is 19.8 Å². The van der Waals surface area contributed by atoms with Crippen LogP contribution in [0.1, 0.15) is 20.8 Å². The standard InChI is InChI=1S/C14H23O8P/c1-6-13(15)21-11(4)9-19-23(17,18-8-3)20-10-12(5)22-14(16)7-2/h6-7,11-12H,1-2,8-10H2,3-5H3. The molecule has 0 aromatic carbocycles. The Morgan fingerprint density at radius 2 is 1.35 bits per heavy atom. The largest absolute Gasteiger partial charge is 0.475 e. The van der Waals surface area contributed by atoms with Gasteiger partial charge in [-0.15, -0.1) is 0 Å². The summed E-state index contributed by atoms with van der Waals surface area (Å²) in [5, 5.41) is 0. The smallest absolute Gasteiger partial charge is 0.457 e. The number of phosphoric acid groups is 1. The Kier molecular flexibility index (Phi) is 10.4. The average Bonchev–Trinajstić information content (AvgIpc) is 2.51. The average molecular weight is 350 g/mol. The van der Waals surface area contributed by atoms with Gasteiger partial charge in [-0.2, -0.15) is 0 Å². The number of ether oxygens (including phenoxy) is 2. The Balaban J connectivity index is 4.46. The molecule has 0 N–H and O–H groups in total. The van der Waals surface area contributed by atoms with E-state index in [1.54, 1.807) is 20.8 Å². The van der Waals surface area contributed by atoms with Gasteiger partial charge in [-0.25, -0.2) is 14.2 Å². The maximum Gasteiger partial charge on any atom is 0.475 e. The summed E-state index contributed by atoms with van der Waals surface area (Å²) in [5.41, 5.74) is 0. The summed E-state index contributed by atoms with van der Waals surface area (Å²) in [6.07, 6.45) is 0.665. The maximum absolute atomic E-state index is 12.3. The van der Waals surface area contributed by atoms with Crippen molar-refractivity contribution in [3.63, 3.8) is 0 Å². The van der Waals surface area contributed by atoms with Crippen LogP contribution >= 0.6 is 7.82 Å². The lowest BCUT2D eigenvalue weighted by atomic mass is 10.4. The highest BCUT2D eigenvalue weighted by atomic mass is 31.2. The van der Waals surface area contributed by atoms with Crippen LogP contribution in [0.3, 0.4) is 0 Å². The molecule has 0 aliphatic heterocycles. The van der Waals surface area contributed by atoms with Gasteiger partial charge in [-0.3, -0.25) is 13.6 Å². The molecule has 0 heterocycles. The molecule has 9 heteroatoms. The second kappa shape index (κ2) is 11.1. The van der Waals surface area contributed by atoms with Gasteiger partial charge in [0.2, 0.25) is 0 Å². The van der Waals surface area contributed by atoms with Crippen LogP contribution in [0.2, 0.25) is 0 Å². The molecule has 23 heavy (non-hydrogen) atoms. The summed E-state index contributed by atoms with van der Waals surface area (Å²) in [6, 6.07) is 0. The van der Waals surface area contributed by atoms with E-state index in [2.05, 4.69) is 13.2 Å². The minimum absolute atomic E-state index is 0.0823. The fraction of sp³-hybridized carbons (Fsp3) is 0.571. The van der Waals surface area contributed by atoms with Gasteiger partial charge < -0.3 is 9.47 Å². The van der Waals surface area contributed by atoms with E-state index in [-0.39, 0.29) is 19.8 Å². The summed E-state index contributed by atoms with van der Waals surface area (Å²) in [7, 11) is -3.87. The zero-order chi connectivity index (χ0) is 17.9. The molecule has 2 atom stereocenters. The Hall–Kier alpha value is -1.47. The van der Waals surface area contributed by atoms with Crippen molar-refractivity contribution in [2.45, 2.75) is 33.0 Å². The van der Waals surface area contributed by atoms with Crippen molar-refractivity contribution in [2.24, 2.45) is 0 Å². The summed E-state index contributed by atoms with van der Waals surface area (Å²) in [5.74, 6) is -1.25.